The number of hydroxylamine groups is 2. The summed E-state index contributed by atoms with van der Waals surface area (Å²) in [5.74, 6) is -0.259. The lowest BCUT2D eigenvalue weighted by molar-refractivity contribution is -0.264. The molecule has 1 unspecified atom stereocenters. The first kappa shape index (κ1) is 31.2. The van der Waals surface area contributed by atoms with E-state index >= 15 is 0 Å². The van der Waals surface area contributed by atoms with Crippen LogP contribution in [0.15, 0.2) is 20.8 Å². The van der Waals surface area contributed by atoms with Crippen molar-refractivity contribution >= 4 is 18.1 Å². The Morgan fingerprint density at radius 1 is 1.22 bits per heavy atom. The number of H-pyrrole nitrogens is 1. The highest BCUT2D eigenvalue weighted by Gasteiger charge is 2.60. The molecule has 2 saturated heterocycles. The topological polar surface area (TPSA) is 233 Å². The Bertz CT molecular complexity index is 1290. The third-order valence-electron chi connectivity index (χ3n) is 6.39. The molecule has 3 heterocycles. The molecule has 2 aliphatic heterocycles. The zero-order valence-electron chi connectivity index (χ0n) is 22.6. The lowest BCUT2D eigenvalue weighted by atomic mass is 9.91. The molecule has 0 saturated carbocycles. The minimum absolute atomic E-state index is 0.0185. The zero-order chi connectivity index (χ0) is 30.0. The van der Waals surface area contributed by atoms with E-state index in [1.54, 1.807) is 12.0 Å². The number of aryl methyl sites for hydroxylation is 1. The molecule has 222 valence electrons. The zero-order valence-corrected chi connectivity index (χ0v) is 22.6. The number of aromatic nitrogens is 2. The molecule has 0 aromatic carbocycles. The first-order valence-corrected chi connectivity index (χ1v) is 12.9. The summed E-state index contributed by atoms with van der Waals surface area (Å²) < 4.78 is 17.0. The van der Waals surface area contributed by atoms with Gasteiger partial charge in [-0.1, -0.05) is 6.92 Å². The number of hydrogen-bond donors (Lipinski definition) is 4. The van der Waals surface area contributed by atoms with E-state index in [2.05, 4.69) is 20.6 Å². The van der Waals surface area contributed by atoms with Gasteiger partial charge < -0.3 is 19.3 Å². The van der Waals surface area contributed by atoms with Gasteiger partial charge in [0.05, 0.1) is 31.5 Å². The predicted octanol–water partition coefficient (Wildman–Crippen LogP) is -0.475. The number of amides is 2. The number of nitriles is 2. The van der Waals surface area contributed by atoms with Crippen LogP contribution in [-0.2, 0) is 19.0 Å². The van der Waals surface area contributed by atoms with Gasteiger partial charge in [-0.3, -0.25) is 34.8 Å². The van der Waals surface area contributed by atoms with Gasteiger partial charge in [-0.05, 0) is 19.8 Å². The smallest absolute Gasteiger partial charge is 0.413 e. The normalized spacial score (nSPS) is 23.1. The molecule has 0 radical (unpaired) electrons. The second-order valence-electron chi connectivity index (χ2n) is 9.21. The van der Waals surface area contributed by atoms with Gasteiger partial charge in [0.2, 0.25) is 5.96 Å². The van der Waals surface area contributed by atoms with Crippen LogP contribution in [-0.4, -0.2) is 88.5 Å². The first-order chi connectivity index (χ1) is 19.6. The minimum atomic E-state index is -1.04. The van der Waals surface area contributed by atoms with Crippen LogP contribution in [0.3, 0.4) is 0 Å². The highest BCUT2D eigenvalue weighted by molar-refractivity contribution is 6.01. The number of aliphatic hydroxyl groups excluding tert-OH is 1. The van der Waals surface area contributed by atoms with Crippen molar-refractivity contribution in [2.24, 2.45) is 4.99 Å². The van der Waals surface area contributed by atoms with Crippen LogP contribution in [0.25, 0.3) is 0 Å². The van der Waals surface area contributed by atoms with Crippen molar-refractivity contribution in [2.45, 2.75) is 63.6 Å². The first-order valence-electron chi connectivity index (χ1n) is 12.9. The van der Waals surface area contributed by atoms with E-state index in [0.717, 1.165) is 0 Å². The number of ether oxygens (including phenoxy) is 3. The average molecular weight is 577 g/mol. The predicted molar refractivity (Wildman–Crippen MR) is 138 cm³/mol. The van der Waals surface area contributed by atoms with Crippen LogP contribution in [0.2, 0.25) is 0 Å². The number of nitrogens with zero attached hydrogens (tertiary/aromatic N) is 5. The van der Waals surface area contributed by atoms with Crippen LogP contribution in [0.5, 0.6) is 0 Å². The number of alkyl carbamates (subject to hydrolysis) is 2. The minimum Gasteiger partial charge on any atom is -0.448 e. The molecule has 0 spiro atoms. The number of aromatic amines is 1. The quantitative estimate of drug-likeness (QED) is 0.157. The molecule has 2 aliphatic rings. The second-order valence-corrected chi connectivity index (χ2v) is 9.21. The molecular formula is C24H32N8O9. The van der Waals surface area contributed by atoms with Crippen molar-refractivity contribution in [1.29, 1.82) is 10.5 Å². The Labute approximate surface area is 234 Å². The van der Waals surface area contributed by atoms with Gasteiger partial charge in [-0.15, -0.1) is 0 Å². The summed E-state index contributed by atoms with van der Waals surface area (Å²) >= 11 is 0. The molecule has 2 fully saturated rings. The summed E-state index contributed by atoms with van der Waals surface area (Å²) in [6, 6.07) is 3.65. The number of carbonyl (C=O) groups excluding carboxylic acids is 2. The number of aliphatic hydroxyl groups is 1. The van der Waals surface area contributed by atoms with Gasteiger partial charge in [0.25, 0.3) is 5.56 Å². The van der Waals surface area contributed by atoms with Gasteiger partial charge in [0.1, 0.15) is 24.9 Å². The molecule has 1 aromatic heterocycles. The Kier molecular flexibility index (Phi) is 11.0. The molecule has 17 heteroatoms. The van der Waals surface area contributed by atoms with E-state index < -0.39 is 47.5 Å². The molecule has 4 atom stereocenters. The number of aliphatic imine (C=N–C) groups is 1. The summed E-state index contributed by atoms with van der Waals surface area (Å²) in [4.78, 5) is 60.6. The average Bonchev–Trinajstić information content (AvgIpc) is 3.08. The molecular weight excluding hydrogens is 544 g/mol. The van der Waals surface area contributed by atoms with Gasteiger partial charge in [0.15, 0.2) is 12.3 Å². The molecule has 2 amide bonds. The maximum atomic E-state index is 12.5. The molecule has 2 bridgehead atoms. The fourth-order valence-electron chi connectivity index (χ4n) is 4.30. The van der Waals surface area contributed by atoms with Crippen molar-refractivity contribution < 1.29 is 33.7 Å². The fourth-order valence-corrected chi connectivity index (χ4v) is 4.30. The lowest BCUT2D eigenvalue weighted by Crippen LogP contribution is -2.57. The summed E-state index contributed by atoms with van der Waals surface area (Å²) in [6.45, 7) is 3.65. The van der Waals surface area contributed by atoms with E-state index in [0.29, 0.717) is 24.9 Å². The van der Waals surface area contributed by atoms with Crippen LogP contribution < -0.4 is 21.9 Å². The standard InChI is InChI=1S/C24H32N8O9/c1-3-24-14-31(41-16(17(24)33)19(40-24)32-13-15(2)18(34)28-21(32)35)10-6-9-27-20(29-22(36)38-11-4-7-25)30-23(37)39-12-5-8-26/h13,16-17,19,33H,3-6,9-12,14H2,1-2H3,(H,28,34,35)(H2,27,29,30,36,37)/t16-,17?,19+,24-/m0/s1. The monoisotopic (exact) mass is 576 g/mol. The van der Waals surface area contributed by atoms with Crippen LogP contribution in [0, 0.1) is 29.6 Å². The van der Waals surface area contributed by atoms with Crippen molar-refractivity contribution in [3.63, 3.8) is 0 Å². The lowest BCUT2D eigenvalue weighted by Gasteiger charge is -2.40. The van der Waals surface area contributed by atoms with E-state index in [1.165, 1.54) is 10.8 Å². The van der Waals surface area contributed by atoms with Crippen LogP contribution in [0.1, 0.15) is 44.4 Å². The Balaban J connectivity index is 1.64. The highest BCUT2D eigenvalue weighted by atomic mass is 16.7. The maximum absolute atomic E-state index is 12.5. The molecule has 17 nitrogen and oxygen atoms in total. The number of nitrogens with one attached hydrogen (secondary N) is 3. The van der Waals surface area contributed by atoms with E-state index in [-0.39, 0.29) is 45.1 Å². The molecule has 41 heavy (non-hydrogen) atoms. The number of carbonyl (C=O) groups is 2. The van der Waals surface area contributed by atoms with Crippen molar-refractivity contribution in [3.05, 3.63) is 32.6 Å². The highest BCUT2D eigenvalue weighted by Crippen LogP contribution is 2.44. The third kappa shape index (κ3) is 7.89. The number of guanidine groups is 1. The summed E-state index contributed by atoms with van der Waals surface area (Å²) in [6.07, 6.45) is -2.72. The van der Waals surface area contributed by atoms with E-state index in [9.17, 15) is 24.3 Å². The summed E-state index contributed by atoms with van der Waals surface area (Å²) in [7, 11) is 0. The number of hydrogen-bond acceptors (Lipinski definition) is 13. The molecule has 0 aliphatic carbocycles. The SMILES string of the molecule is CC[C@]12CN(CCCN=C(NC(=O)OCCC#N)NC(=O)OCCC#N)O[C@@H](C1O)[C@H](n1cc(C)c(=O)[nH]c1=O)O2. The summed E-state index contributed by atoms with van der Waals surface area (Å²) in [5.41, 5.74) is -1.94. The number of fused-ring (bicyclic) bond motifs is 2. The van der Waals surface area contributed by atoms with Gasteiger partial charge in [-0.25, -0.2) is 14.4 Å². The fraction of sp³-hybridized carbons (Fsp3) is 0.625. The Morgan fingerprint density at radius 3 is 2.44 bits per heavy atom. The van der Waals surface area contributed by atoms with Gasteiger partial charge in [0, 0.05) is 24.8 Å². The molecule has 4 N–H and O–H groups in total. The summed E-state index contributed by atoms with van der Waals surface area (Å²) in [5, 5.41) is 34.2. The Morgan fingerprint density at radius 2 is 1.85 bits per heavy atom. The van der Waals surface area contributed by atoms with Crippen LogP contribution >= 0.6 is 0 Å². The van der Waals surface area contributed by atoms with Gasteiger partial charge in [-0.2, -0.15) is 15.6 Å². The van der Waals surface area contributed by atoms with Crippen molar-refractivity contribution in [3.8, 4) is 12.1 Å². The molecule has 3 rings (SSSR count). The van der Waals surface area contributed by atoms with E-state index in [4.69, 9.17) is 29.6 Å². The van der Waals surface area contributed by atoms with Crippen molar-refractivity contribution in [1.82, 2.24) is 25.2 Å². The van der Waals surface area contributed by atoms with Gasteiger partial charge >= 0.3 is 17.9 Å². The van der Waals surface area contributed by atoms with E-state index in [1.807, 2.05) is 19.1 Å². The van der Waals surface area contributed by atoms with Crippen LogP contribution in [0.4, 0.5) is 9.59 Å². The van der Waals surface area contributed by atoms with Crippen molar-refractivity contribution in [2.75, 3.05) is 32.8 Å². The third-order valence-corrected chi connectivity index (χ3v) is 6.39. The molecule has 1 aromatic rings. The maximum Gasteiger partial charge on any atom is 0.413 e. The number of rotatable bonds is 10. The Hall–Kier alpha value is -4.29. The second kappa shape index (κ2) is 14.4. The largest absolute Gasteiger partial charge is 0.448 e.